The van der Waals surface area contributed by atoms with E-state index in [0.29, 0.717) is 12.3 Å². The summed E-state index contributed by atoms with van der Waals surface area (Å²) in [5.74, 6) is -0.827. The Bertz CT molecular complexity index is 1060. The maximum atomic E-state index is 12.8. The molecule has 0 unspecified atom stereocenters. The zero-order chi connectivity index (χ0) is 22.1. The molecule has 0 saturated heterocycles. The van der Waals surface area contributed by atoms with E-state index in [1.165, 1.54) is 22.9 Å². The van der Waals surface area contributed by atoms with Crippen LogP contribution in [-0.2, 0) is 12.4 Å². The van der Waals surface area contributed by atoms with E-state index in [1.807, 2.05) is 0 Å². The van der Waals surface area contributed by atoms with Crippen LogP contribution in [0.2, 0.25) is 5.02 Å². The lowest BCUT2D eigenvalue weighted by Gasteiger charge is -2.13. The number of amides is 1. The molecule has 3 aromatic rings. The van der Waals surface area contributed by atoms with Crippen LogP contribution in [0.3, 0.4) is 0 Å². The Morgan fingerprint density at radius 3 is 2.17 bits per heavy atom. The normalized spacial score (nSPS) is 12.0. The Hall–Kier alpha value is -3.21. The van der Waals surface area contributed by atoms with E-state index in [-0.39, 0.29) is 22.2 Å². The second-order valence-corrected chi connectivity index (χ2v) is 6.35. The number of alkyl halides is 6. The molecule has 2 N–H and O–H groups in total. The van der Waals surface area contributed by atoms with Gasteiger partial charge in [0.25, 0.3) is 5.91 Å². The number of hydrazine groups is 1. The van der Waals surface area contributed by atoms with Crippen molar-refractivity contribution in [1.82, 2.24) is 15.0 Å². The minimum absolute atomic E-state index is 0.0245. The molecule has 3 rings (SSSR count). The molecule has 0 fully saturated rings. The van der Waals surface area contributed by atoms with E-state index < -0.39 is 29.4 Å². The molecular weight excluding hydrogens is 438 g/mol. The first-order chi connectivity index (χ1) is 14.0. The Labute approximate surface area is 170 Å². The van der Waals surface area contributed by atoms with Crippen molar-refractivity contribution in [3.63, 3.8) is 0 Å². The molecule has 5 nitrogen and oxygen atoms in total. The molecule has 0 bridgehead atoms. The third kappa shape index (κ3) is 4.67. The highest BCUT2D eigenvalue weighted by molar-refractivity contribution is 6.32. The van der Waals surface area contributed by atoms with Gasteiger partial charge >= 0.3 is 12.4 Å². The van der Waals surface area contributed by atoms with Crippen molar-refractivity contribution in [3.05, 3.63) is 76.7 Å². The van der Waals surface area contributed by atoms with E-state index in [4.69, 9.17) is 11.6 Å². The van der Waals surface area contributed by atoms with Crippen LogP contribution in [0.5, 0.6) is 0 Å². The summed E-state index contributed by atoms with van der Waals surface area (Å²) < 4.78 is 77.2. The lowest BCUT2D eigenvalue weighted by molar-refractivity contribution is -0.138. The van der Waals surface area contributed by atoms with Crippen molar-refractivity contribution in [2.75, 3.05) is 5.43 Å². The lowest BCUT2D eigenvalue weighted by atomic mass is 10.2. The van der Waals surface area contributed by atoms with Crippen LogP contribution in [-0.4, -0.2) is 15.5 Å². The zero-order valence-corrected chi connectivity index (χ0v) is 15.4. The van der Waals surface area contributed by atoms with Crippen molar-refractivity contribution in [2.24, 2.45) is 0 Å². The SMILES string of the molecule is O=C(NNc1ccc(C(F)(F)F)cc1)c1cccn1-c1ncc(C(F)(F)F)cc1Cl. The summed E-state index contributed by atoms with van der Waals surface area (Å²) in [4.78, 5) is 16.1. The molecule has 0 aliphatic heterocycles. The van der Waals surface area contributed by atoms with Crippen molar-refractivity contribution in [1.29, 1.82) is 0 Å². The first-order valence-electron chi connectivity index (χ1n) is 8.11. The van der Waals surface area contributed by atoms with Crippen LogP contribution in [0.4, 0.5) is 32.0 Å². The summed E-state index contributed by atoms with van der Waals surface area (Å²) in [6.45, 7) is 0. The van der Waals surface area contributed by atoms with Gasteiger partial charge in [-0.2, -0.15) is 26.3 Å². The number of halogens is 7. The quantitative estimate of drug-likeness (QED) is 0.419. The van der Waals surface area contributed by atoms with Gasteiger partial charge in [-0.05, 0) is 42.5 Å². The van der Waals surface area contributed by atoms with Crippen molar-refractivity contribution in [2.45, 2.75) is 12.4 Å². The number of carbonyl (C=O) groups is 1. The molecule has 0 atom stereocenters. The molecule has 0 aliphatic carbocycles. The standard InChI is InChI=1S/C18H11ClF6N4O/c19-13-8-11(18(23,24)25)9-26-15(13)29-7-1-2-14(29)16(30)28-27-12-5-3-10(4-6-12)17(20,21)22/h1-9,27H,(H,28,30). The second-order valence-electron chi connectivity index (χ2n) is 5.94. The van der Waals surface area contributed by atoms with Gasteiger partial charge in [-0.1, -0.05) is 11.6 Å². The maximum absolute atomic E-state index is 12.8. The molecule has 0 aliphatic rings. The Morgan fingerprint density at radius 2 is 1.60 bits per heavy atom. The Kier molecular flexibility index (Phi) is 5.66. The molecule has 0 saturated carbocycles. The number of nitrogens with zero attached hydrogens (tertiary/aromatic N) is 2. The van der Waals surface area contributed by atoms with Crippen LogP contribution in [0.25, 0.3) is 5.82 Å². The van der Waals surface area contributed by atoms with Gasteiger partial charge in [-0.3, -0.25) is 20.2 Å². The van der Waals surface area contributed by atoms with E-state index in [0.717, 1.165) is 24.3 Å². The summed E-state index contributed by atoms with van der Waals surface area (Å²) in [6.07, 6.45) is -7.16. The number of hydrogen-bond acceptors (Lipinski definition) is 3. The number of anilines is 1. The van der Waals surface area contributed by atoms with Gasteiger partial charge in [0.1, 0.15) is 5.69 Å². The number of pyridine rings is 1. The second kappa shape index (κ2) is 7.90. The van der Waals surface area contributed by atoms with Crippen molar-refractivity contribution >= 4 is 23.2 Å². The van der Waals surface area contributed by atoms with Gasteiger partial charge < -0.3 is 0 Å². The summed E-state index contributed by atoms with van der Waals surface area (Å²) in [6, 6.07) is 7.41. The molecule has 1 aromatic carbocycles. The van der Waals surface area contributed by atoms with Crippen LogP contribution in [0, 0.1) is 0 Å². The van der Waals surface area contributed by atoms with Crippen molar-refractivity contribution in [3.8, 4) is 5.82 Å². The third-order valence-corrected chi connectivity index (χ3v) is 4.17. The van der Waals surface area contributed by atoms with Crippen LogP contribution in [0.1, 0.15) is 21.6 Å². The summed E-state index contributed by atoms with van der Waals surface area (Å²) in [7, 11) is 0. The number of carbonyl (C=O) groups excluding carboxylic acids is 1. The Morgan fingerprint density at radius 1 is 0.967 bits per heavy atom. The number of hydrogen-bond donors (Lipinski definition) is 2. The average Bonchev–Trinajstić information content (AvgIpc) is 3.14. The molecule has 30 heavy (non-hydrogen) atoms. The monoisotopic (exact) mass is 448 g/mol. The maximum Gasteiger partial charge on any atom is 0.417 e. The molecule has 2 aromatic heterocycles. The number of rotatable bonds is 4. The van der Waals surface area contributed by atoms with Crippen LogP contribution < -0.4 is 10.9 Å². The lowest BCUT2D eigenvalue weighted by Crippen LogP contribution is -2.31. The third-order valence-electron chi connectivity index (χ3n) is 3.89. The fourth-order valence-electron chi connectivity index (χ4n) is 2.45. The summed E-state index contributed by atoms with van der Waals surface area (Å²) in [5, 5.41) is -0.328. The van der Waals surface area contributed by atoms with Gasteiger partial charge in [0, 0.05) is 12.4 Å². The highest BCUT2D eigenvalue weighted by Gasteiger charge is 2.32. The van der Waals surface area contributed by atoms with Crippen LogP contribution >= 0.6 is 11.6 Å². The predicted octanol–water partition coefficient (Wildman–Crippen LogP) is 5.32. The highest BCUT2D eigenvalue weighted by Crippen LogP contribution is 2.32. The predicted molar refractivity (Wildman–Crippen MR) is 96.1 cm³/mol. The van der Waals surface area contributed by atoms with Crippen molar-refractivity contribution < 1.29 is 31.1 Å². The summed E-state index contributed by atoms with van der Waals surface area (Å²) in [5.41, 5.74) is 3.00. The minimum atomic E-state index is -4.63. The topological polar surface area (TPSA) is 59.0 Å². The molecule has 12 heteroatoms. The number of nitrogens with one attached hydrogen (secondary N) is 2. The fourth-order valence-corrected chi connectivity index (χ4v) is 2.71. The highest BCUT2D eigenvalue weighted by atomic mass is 35.5. The molecule has 0 spiro atoms. The zero-order valence-electron chi connectivity index (χ0n) is 14.6. The van der Waals surface area contributed by atoms with Gasteiger partial charge in [0.2, 0.25) is 0 Å². The molecule has 0 radical (unpaired) electrons. The summed E-state index contributed by atoms with van der Waals surface area (Å²) >= 11 is 5.91. The molecule has 158 valence electrons. The molecule has 1 amide bonds. The van der Waals surface area contributed by atoms with Gasteiger partial charge in [-0.25, -0.2) is 4.98 Å². The van der Waals surface area contributed by atoms with E-state index in [9.17, 15) is 31.1 Å². The van der Waals surface area contributed by atoms with Gasteiger partial charge in [0.15, 0.2) is 5.82 Å². The van der Waals surface area contributed by atoms with Gasteiger partial charge in [0.05, 0.1) is 21.8 Å². The van der Waals surface area contributed by atoms with E-state index >= 15 is 0 Å². The van der Waals surface area contributed by atoms with Crippen LogP contribution in [0.15, 0.2) is 54.9 Å². The first kappa shape index (κ1) is 21.5. The Balaban J connectivity index is 1.76. The number of aromatic nitrogens is 2. The van der Waals surface area contributed by atoms with Gasteiger partial charge in [-0.15, -0.1) is 0 Å². The minimum Gasteiger partial charge on any atom is -0.298 e. The van der Waals surface area contributed by atoms with E-state index in [2.05, 4.69) is 15.8 Å². The number of benzene rings is 1. The first-order valence-corrected chi connectivity index (χ1v) is 8.48. The largest absolute Gasteiger partial charge is 0.417 e. The fraction of sp³-hybridized carbons (Fsp3) is 0.111. The molecular formula is C18H11ClF6N4O. The average molecular weight is 449 g/mol. The van der Waals surface area contributed by atoms with E-state index in [1.54, 1.807) is 0 Å². The molecule has 2 heterocycles. The smallest absolute Gasteiger partial charge is 0.298 e.